The van der Waals surface area contributed by atoms with Crippen molar-refractivity contribution in [3.63, 3.8) is 0 Å². The SMILES string of the molecule is C1CC[SiH2]CC1.[NaH]. The van der Waals surface area contributed by atoms with Crippen molar-refractivity contribution in [1.82, 2.24) is 0 Å². The molecule has 0 unspecified atom stereocenters. The topological polar surface area (TPSA) is 0 Å². The van der Waals surface area contributed by atoms with E-state index in [0.717, 1.165) is 0 Å². The Morgan fingerprint density at radius 1 is 0.857 bits per heavy atom. The molecule has 1 aliphatic rings. The molecule has 1 aliphatic heterocycles. The molecule has 0 spiro atoms. The van der Waals surface area contributed by atoms with Crippen LogP contribution in [0.25, 0.3) is 0 Å². The van der Waals surface area contributed by atoms with Crippen molar-refractivity contribution in [2.24, 2.45) is 0 Å². The van der Waals surface area contributed by atoms with Gasteiger partial charge in [0, 0.05) is 9.52 Å². The Labute approximate surface area is 70.2 Å². The molecule has 0 amide bonds. The molecule has 1 saturated heterocycles. The fraction of sp³-hybridized carbons (Fsp3) is 1.00. The fourth-order valence-electron chi connectivity index (χ4n) is 1.06. The van der Waals surface area contributed by atoms with E-state index in [1.165, 1.54) is 6.42 Å². The van der Waals surface area contributed by atoms with Crippen molar-refractivity contribution in [3.05, 3.63) is 0 Å². The molecule has 0 aliphatic carbocycles. The van der Waals surface area contributed by atoms with Crippen LogP contribution >= 0.6 is 0 Å². The van der Waals surface area contributed by atoms with Crippen molar-refractivity contribution in [2.75, 3.05) is 0 Å². The van der Waals surface area contributed by atoms with E-state index in [1.807, 2.05) is 0 Å². The van der Waals surface area contributed by atoms with E-state index in [4.69, 9.17) is 0 Å². The third kappa shape index (κ3) is 3.77. The molecule has 1 heterocycles. The van der Waals surface area contributed by atoms with Crippen molar-refractivity contribution in [3.8, 4) is 0 Å². The number of hydrogen-bond donors (Lipinski definition) is 0. The summed E-state index contributed by atoms with van der Waals surface area (Å²) in [5.74, 6) is 0. The Morgan fingerprint density at radius 3 is 1.57 bits per heavy atom. The van der Waals surface area contributed by atoms with E-state index in [9.17, 15) is 0 Å². The molecule has 0 atom stereocenters. The van der Waals surface area contributed by atoms with Crippen LogP contribution in [0.5, 0.6) is 0 Å². The van der Waals surface area contributed by atoms with Gasteiger partial charge in [0.15, 0.2) is 0 Å². The van der Waals surface area contributed by atoms with E-state index in [-0.39, 0.29) is 29.6 Å². The first-order valence-electron chi connectivity index (χ1n) is 3.00. The standard InChI is InChI=1S/C5H12Si.Na.H/c1-2-4-6-5-3-1;;/h1-6H2;;. The molecule has 0 radical (unpaired) electrons. The molecular weight excluding hydrogens is 111 g/mol. The molecule has 0 N–H and O–H groups in total. The fourth-order valence-corrected chi connectivity index (χ4v) is 2.83. The molecule has 1 fully saturated rings. The average molecular weight is 124 g/mol. The molecule has 38 valence electrons. The summed E-state index contributed by atoms with van der Waals surface area (Å²) in [5.41, 5.74) is 0. The summed E-state index contributed by atoms with van der Waals surface area (Å²) in [6.45, 7) is 0. The molecule has 0 bridgehead atoms. The summed E-state index contributed by atoms with van der Waals surface area (Å²) in [5, 5.41) is 0. The molecular formula is C5H13NaSi. The van der Waals surface area contributed by atoms with Crippen LogP contribution in [-0.4, -0.2) is 39.1 Å². The van der Waals surface area contributed by atoms with Gasteiger partial charge in [0.1, 0.15) is 0 Å². The van der Waals surface area contributed by atoms with Crippen LogP contribution in [0, 0.1) is 0 Å². The molecule has 1 rings (SSSR count). The molecule has 2 heteroatoms. The van der Waals surface area contributed by atoms with Gasteiger partial charge >= 0.3 is 29.6 Å². The monoisotopic (exact) mass is 124 g/mol. The second-order valence-electron chi connectivity index (χ2n) is 2.12. The van der Waals surface area contributed by atoms with Crippen LogP contribution in [0.3, 0.4) is 0 Å². The van der Waals surface area contributed by atoms with Gasteiger partial charge in [0.2, 0.25) is 0 Å². The summed E-state index contributed by atoms with van der Waals surface area (Å²) in [4.78, 5) is 0. The third-order valence-electron chi connectivity index (χ3n) is 1.50. The van der Waals surface area contributed by atoms with E-state index in [2.05, 4.69) is 0 Å². The molecule has 0 aromatic heterocycles. The molecule has 0 aromatic carbocycles. The van der Waals surface area contributed by atoms with Gasteiger partial charge in [0.25, 0.3) is 0 Å². The Balaban J connectivity index is 0.000000360. The first-order chi connectivity index (χ1) is 3.00. The zero-order valence-corrected chi connectivity index (χ0v) is 5.66. The Morgan fingerprint density at radius 2 is 1.43 bits per heavy atom. The molecule has 7 heavy (non-hydrogen) atoms. The molecule has 0 nitrogen and oxygen atoms in total. The van der Waals surface area contributed by atoms with Gasteiger partial charge in [-0.25, -0.2) is 0 Å². The summed E-state index contributed by atoms with van der Waals surface area (Å²) in [6, 6.07) is 3.28. The van der Waals surface area contributed by atoms with Gasteiger partial charge in [-0.1, -0.05) is 31.4 Å². The number of rotatable bonds is 0. The first kappa shape index (κ1) is 8.22. The Kier molecular flexibility index (Phi) is 6.29. The zero-order chi connectivity index (χ0) is 4.24. The second kappa shape index (κ2) is 5.36. The quantitative estimate of drug-likeness (QED) is 0.413. The molecule has 0 saturated carbocycles. The van der Waals surface area contributed by atoms with Crippen molar-refractivity contribution < 1.29 is 0 Å². The summed E-state index contributed by atoms with van der Waals surface area (Å²) >= 11 is 0. The van der Waals surface area contributed by atoms with Crippen molar-refractivity contribution in [2.45, 2.75) is 31.4 Å². The normalized spacial score (nSPS) is 20.6. The van der Waals surface area contributed by atoms with Crippen LogP contribution in [0.1, 0.15) is 19.3 Å². The zero-order valence-electron chi connectivity index (χ0n) is 4.24. The van der Waals surface area contributed by atoms with E-state index >= 15 is 0 Å². The third-order valence-corrected chi connectivity index (χ3v) is 3.50. The van der Waals surface area contributed by atoms with Gasteiger partial charge in [-0.2, -0.15) is 0 Å². The second-order valence-corrected chi connectivity index (χ2v) is 4.24. The van der Waals surface area contributed by atoms with Crippen molar-refractivity contribution in [1.29, 1.82) is 0 Å². The average Bonchev–Trinajstić information content (AvgIpc) is 1.72. The van der Waals surface area contributed by atoms with Gasteiger partial charge in [0.05, 0.1) is 0 Å². The maximum atomic E-state index is 1.64. The van der Waals surface area contributed by atoms with Crippen molar-refractivity contribution >= 4 is 39.1 Å². The predicted octanol–water partition coefficient (Wildman–Crippen LogP) is 0.527. The van der Waals surface area contributed by atoms with E-state index in [1.54, 1.807) is 24.9 Å². The van der Waals surface area contributed by atoms with Crippen LogP contribution < -0.4 is 0 Å². The maximum absolute atomic E-state index is 1.64. The van der Waals surface area contributed by atoms with Gasteiger partial charge in [-0.15, -0.1) is 0 Å². The van der Waals surface area contributed by atoms with Crippen LogP contribution in [0.15, 0.2) is 0 Å². The Bertz CT molecular complexity index is 23.6. The minimum absolute atomic E-state index is 0. The van der Waals surface area contributed by atoms with E-state index < -0.39 is 0 Å². The minimum atomic E-state index is 0. The Hall–Kier alpha value is 1.22. The van der Waals surface area contributed by atoms with E-state index in [0.29, 0.717) is 9.52 Å². The van der Waals surface area contributed by atoms with Gasteiger partial charge in [-0.05, 0) is 0 Å². The summed E-state index contributed by atoms with van der Waals surface area (Å²) in [6.07, 6.45) is 4.66. The summed E-state index contributed by atoms with van der Waals surface area (Å²) < 4.78 is 0. The van der Waals surface area contributed by atoms with Gasteiger partial charge < -0.3 is 0 Å². The predicted molar refractivity (Wildman–Crippen MR) is 39.2 cm³/mol. The van der Waals surface area contributed by atoms with Crippen LogP contribution in [-0.2, 0) is 0 Å². The van der Waals surface area contributed by atoms with Crippen LogP contribution in [0.4, 0.5) is 0 Å². The van der Waals surface area contributed by atoms with Crippen LogP contribution in [0.2, 0.25) is 12.1 Å². The van der Waals surface area contributed by atoms with Gasteiger partial charge in [-0.3, -0.25) is 0 Å². The first-order valence-corrected chi connectivity index (χ1v) is 5.00. The molecule has 0 aromatic rings. The summed E-state index contributed by atoms with van der Waals surface area (Å²) in [7, 11) is 0.508. The number of hydrogen-bond acceptors (Lipinski definition) is 0.